The number of carbonyl (C=O) groups excluding carboxylic acids is 2. The van der Waals surface area contributed by atoms with Gasteiger partial charge in [-0.1, -0.05) is 6.08 Å². The van der Waals surface area contributed by atoms with E-state index in [2.05, 4.69) is 0 Å². The van der Waals surface area contributed by atoms with Gasteiger partial charge in [0.25, 0.3) is 17.4 Å². The molecular weight excluding hydrogens is 420 g/mol. The Morgan fingerprint density at radius 3 is 1.94 bits per heavy atom. The number of aromatic nitrogens is 1. The number of rotatable bonds is 2. The van der Waals surface area contributed by atoms with Crippen molar-refractivity contribution < 1.29 is 14.7 Å². The second kappa shape index (κ2) is 8.55. The van der Waals surface area contributed by atoms with Gasteiger partial charge in [-0.3, -0.25) is 23.9 Å². The summed E-state index contributed by atoms with van der Waals surface area (Å²) in [5.41, 5.74) is -1.42. The van der Waals surface area contributed by atoms with E-state index in [0.717, 1.165) is 9.47 Å². The second-order valence-electron chi connectivity index (χ2n) is 9.83. The van der Waals surface area contributed by atoms with Gasteiger partial charge in [-0.05, 0) is 78.7 Å². The number of hydrogen-bond donors (Lipinski definition) is 1. The molecule has 172 valence electrons. The zero-order chi connectivity index (χ0) is 25.5. The first-order valence-corrected chi connectivity index (χ1v) is 10.4. The summed E-state index contributed by atoms with van der Waals surface area (Å²) in [5, 5.41) is 29.8. The molecule has 0 fully saturated rings. The average Bonchev–Trinajstić information content (AvgIpc) is 2.65. The van der Waals surface area contributed by atoms with Crippen LogP contribution in [0.1, 0.15) is 65.2 Å². The van der Waals surface area contributed by atoms with Crippen LogP contribution in [0.3, 0.4) is 0 Å². The maximum atomic E-state index is 13.1. The van der Waals surface area contributed by atoms with Crippen LogP contribution in [0.25, 0.3) is 6.08 Å². The molecule has 1 aromatic rings. The molecule has 2 amide bonds. The molecule has 8 heteroatoms. The van der Waals surface area contributed by atoms with Crippen molar-refractivity contribution in [1.29, 1.82) is 10.5 Å². The van der Waals surface area contributed by atoms with Gasteiger partial charge in [0.15, 0.2) is 0 Å². The number of carbonyl (C=O) groups is 2. The Balaban J connectivity index is 2.73. The van der Waals surface area contributed by atoms with E-state index < -0.39 is 28.5 Å². The molecule has 1 aliphatic heterocycles. The van der Waals surface area contributed by atoms with Gasteiger partial charge in [0, 0.05) is 22.2 Å². The molecule has 8 nitrogen and oxygen atoms in total. The van der Waals surface area contributed by atoms with Crippen LogP contribution in [0.4, 0.5) is 0 Å². The lowest BCUT2D eigenvalue weighted by atomic mass is 9.91. The standard InChI is InChI=1S/C25H28N4O4/c1-14-16(20(30)28(24(3,4)5)22(32)18(14)12-26)10-9-11-17-15(2)19(13-27)23(33)29(21(17)31)25(6,7)8/h9-11,30H,1-8H3/b10-9+,17-11?. The fourth-order valence-electron chi connectivity index (χ4n) is 3.70. The number of nitrogens with zero attached hydrogens (tertiary/aromatic N) is 4. The smallest absolute Gasteiger partial charge is 0.272 e. The van der Waals surface area contributed by atoms with Crippen LogP contribution in [0, 0.1) is 29.6 Å². The zero-order valence-corrected chi connectivity index (χ0v) is 20.2. The summed E-state index contributed by atoms with van der Waals surface area (Å²) in [7, 11) is 0. The topological polar surface area (TPSA) is 127 Å². The number of imide groups is 1. The van der Waals surface area contributed by atoms with E-state index in [1.807, 2.05) is 12.1 Å². The van der Waals surface area contributed by atoms with Crippen LogP contribution >= 0.6 is 0 Å². The monoisotopic (exact) mass is 448 g/mol. The van der Waals surface area contributed by atoms with Crippen molar-refractivity contribution in [2.75, 3.05) is 0 Å². The van der Waals surface area contributed by atoms with Gasteiger partial charge in [-0.15, -0.1) is 0 Å². The normalized spacial score (nSPS) is 16.5. The largest absolute Gasteiger partial charge is 0.494 e. The molecule has 0 saturated carbocycles. The Morgan fingerprint density at radius 2 is 1.48 bits per heavy atom. The predicted molar refractivity (Wildman–Crippen MR) is 124 cm³/mol. The van der Waals surface area contributed by atoms with Crippen LogP contribution in [-0.4, -0.2) is 31.9 Å². The first kappa shape index (κ1) is 25.4. The van der Waals surface area contributed by atoms with Gasteiger partial charge in [0.2, 0.25) is 5.88 Å². The molecule has 33 heavy (non-hydrogen) atoms. The number of pyridine rings is 1. The first-order valence-electron chi connectivity index (χ1n) is 10.4. The highest BCUT2D eigenvalue weighted by atomic mass is 16.3. The van der Waals surface area contributed by atoms with Crippen LogP contribution in [0.15, 0.2) is 33.7 Å². The summed E-state index contributed by atoms with van der Waals surface area (Å²) < 4.78 is 1.15. The van der Waals surface area contributed by atoms with E-state index >= 15 is 0 Å². The lowest BCUT2D eigenvalue weighted by Gasteiger charge is -2.37. The fraction of sp³-hybridized carbons (Fsp3) is 0.400. The van der Waals surface area contributed by atoms with Crippen molar-refractivity contribution in [3.8, 4) is 18.0 Å². The minimum Gasteiger partial charge on any atom is -0.494 e. The average molecular weight is 449 g/mol. The minimum atomic E-state index is -0.835. The van der Waals surface area contributed by atoms with Crippen molar-refractivity contribution >= 4 is 17.9 Å². The van der Waals surface area contributed by atoms with E-state index in [9.17, 15) is 30.0 Å². The highest BCUT2D eigenvalue weighted by Crippen LogP contribution is 2.31. The highest BCUT2D eigenvalue weighted by Gasteiger charge is 2.41. The van der Waals surface area contributed by atoms with E-state index in [0.29, 0.717) is 5.56 Å². The molecule has 1 aliphatic rings. The zero-order valence-electron chi connectivity index (χ0n) is 20.2. The van der Waals surface area contributed by atoms with Crippen molar-refractivity contribution in [3.63, 3.8) is 0 Å². The molecule has 0 bridgehead atoms. The Morgan fingerprint density at radius 1 is 0.909 bits per heavy atom. The predicted octanol–water partition coefficient (Wildman–Crippen LogP) is 3.44. The van der Waals surface area contributed by atoms with E-state index in [-0.39, 0.29) is 33.7 Å². The van der Waals surface area contributed by atoms with Gasteiger partial charge in [-0.2, -0.15) is 10.5 Å². The second-order valence-corrected chi connectivity index (χ2v) is 9.83. The highest BCUT2D eigenvalue weighted by molar-refractivity contribution is 6.18. The lowest BCUT2D eigenvalue weighted by molar-refractivity contribution is -0.145. The van der Waals surface area contributed by atoms with Crippen LogP contribution < -0.4 is 5.56 Å². The first-order chi connectivity index (χ1) is 15.1. The Hall–Kier alpha value is -3.91. The molecule has 0 aliphatic carbocycles. The van der Waals surface area contributed by atoms with Gasteiger partial charge in [0.1, 0.15) is 23.3 Å². The molecular formula is C25H28N4O4. The van der Waals surface area contributed by atoms with Crippen LogP contribution in [0.5, 0.6) is 5.88 Å². The van der Waals surface area contributed by atoms with Crippen molar-refractivity contribution in [3.05, 3.63) is 55.9 Å². The minimum absolute atomic E-state index is 0.0869. The molecule has 1 aromatic heterocycles. The van der Waals surface area contributed by atoms with E-state index in [1.165, 1.54) is 25.2 Å². The SMILES string of the molecule is CC1=C(C#N)C(=O)N(C(C)(C)C)C(=O)C1=C/C=C/c1c(C)c(C#N)c(=O)n(C(C)(C)C)c1O. The van der Waals surface area contributed by atoms with Crippen LogP contribution in [0.2, 0.25) is 0 Å². The van der Waals surface area contributed by atoms with Gasteiger partial charge < -0.3 is 5.11 Å². The van der Waals surface area contributed by atoms with Crippen molar-refractivity contribution in [2.24, 2.45) is 0 Å². The number of aromatic hydroxyl groups is 1. The summed E-state index contributed by atoms with van der Waals surface area (Å²) in [5.74, 6) is -1.48. The lowest BCUT2D eigenvalue weighted by Crippen LogP contribution is -2.52. The summed E-state index contributed by atoms with van der Waals surface area (Å²) in [6, 6.07) is 3.79. The fourth-order valence-corrected chi connectivity index (χ4v) is 3.70. The van der Waals surface area contributed by atoms with Gasteiger partial charge in [-0.25, -0.2) is 0 Å². The quantitative estimate of drug-likeness (QED) is 0.545. The summed E-state index contributed by atoms with van der Waals surface area (Å²) in [4.78, 5) is 39.5. The number of amides is 2. The maximum Gasteiger partial charge on any atom is 0.272 e. The Bertz CT molecular complexity index is 1280. The van der Waals surface area contributed by atoms with Gasteiger partial charge in [0.05, 0.1) is 0 Å². The number of nitriles is 2. The summed E-state index contributed by atoms with van der Waals surface area (Å²) >= 11 is 0. The molecule has 0 aromatic carbocycles. The molecule has 0 unspecified atom stereocenters. The third kappa shape index (κ3) is 4.38. The Labute approximate surface area is 193 Å². The molecule has 0 spiro atoms. The molecule has 0 radical (unpaired) electrons. The third-order valence-electron chi connectivity index (χ3n) is 5.37. The van der Waals surface area contributed by atoms with Crippen molar-refractivity contribution in [1.82, 2.24) is 9.47 Å². The molecule has 2 heterocycles. The molecule has 0 saturated heterocycles. The van der Waals surface area contributed by atoms with Crippen molar-refractivity contribution in [2.45, 2.75) is 66.5 Å². The van der Waals surface area contributed by atoms with Gasteiger partial charge >= 0.3 is 0 Å². The number of hydrogen-bond acceptors (Lipinski definition) is 6. The van der Waals surface area contributed by atoms with Crippen LogP contribution in [-0.2, 0) is 15.1 Å². The van der Waals surface area contributed by atoms with E-state index in [4.69, 9.17) is 0 Å². The number of allylic oxidation sites excluding steroid dienone is 2. The van der Waals surface area contributed by atoms with E-state index in [1.54, 1.807) is 48.5 Å². The third-order valence-corrected chi connectivity index (χ3v) is 5.37. The molecule has 0 atom stereocenters. The summed E-state index contributed by atoms with van der Waals surface area (Å²) in [6.07, 6.45) is 4.44. The molecule has 2 rings (SSSR count). The summed E-state index contributed by atoms with van der Waals surface area (Å²) in [6.45, 7) is 13.4. The maximum absolute atomic E-state index is 13.1. The molecule has 1 N–H and O–H groups in total. The Kier molecular flexibility index (Phi) is 6.57.